The summed E-state index contributed by atoms with van der Waals surface area (Å²) >= 11 is 0. The SMILES string of the molecule is Cn1nc2ccc(C(C)(C)c3nc4ccccc4[nH]3)cc2n1. The quantitative estimate of drug-likeness (QED) is 0.617. The van der Waals surface area contributed by atoms with Crippen LogP contribution in [0.25, 0.3) is 22.1 Å². The number of imidazole rings is 1. The van der Waals surface area contributed by atoms with Gasteiger partial charge in [-0.25, -0.2) is 4.98 Å². The van der Waals surface area contributed by atoms with E-state index in [1.165, 1.54) is 5.56 Å². The molecule has 0 aliphatic heterocycles. The van der Waals surface area contributed by atoms with Crippen LogP contribution < -0.4 is 0 Å². The molecule has 0 spiro atoms. The number of rotatable bonds is 2. The van der Waals surface area contributed by atoms with Crippen molar-refractivity contribution in [1.29, 1.82) is 0 Å². The molecule has 4 rings (SSSR count). The van der Waals surface area contributed by atoms with E-state index in [4.69, 9.17) is 4.98 Å². The molecule has 5 heteroatoms. The summed E-state index contributed by atoms with van der Waals surface area (Å²) < 4.78 is 0. The lowest BCUT2D eigenvalue weighted by atomic mass is 9.83. The van der Waals surface area contributed by atoms with Crippen molar-refractivity contribution in [1.82, 2.24) is 25.0 Å². The van der Waals surface area contributed by atoms with Gasteiger partial charge in [0.1, 0.15) is 16.9 Å². The average molecular weight is 291 g/mol. The van der Waals surface area contributed by atoms with E-state index in [1.807, 2.05) is 37.4 Å². The Balaban J connectivity index is 1.86. The summed E-state index contributed by atoms with van der Waals surface area (Å²) in [7, 11) is 1.84. The summed E-state index contributed by atoms with van der Waals surface area (Å²) in [5.74, 6) is 0.956. The predicted octanol–water partition coefficient (Wildman–Crippen LogP) is 3.17. The number of hydrogen-bond acceptors (Lipinski definition) is 3. The molecule has 110 valence electrons. The molecular formula is C17H17N5. The number of fused-ring (bicyclic) bond motifs is 2. The predicted molar refractivity (Wildman–Crippen MR) is 86.7 cm³/mol. The Hall–Kier alpha value is -2.69. The van der Waals surface area contributed by atoms with Gasteiger partial charge in [0.15, 0.2) is 0 Å². The fourth-order valence-corrected chi connectivity index (χ4v) is 2.80. The van der Waals surface area contributed by atoms with Gasteiger partial charge in [-0.2, -0.15) is 15.0 Å². The molecule has 4 aromatic rings. The van der Waals surface area contributed by atoms with Crippen molar-refractivity contribution in [3.8, 4) is 0 Å². The maximum Gasteiger partial charge on any atom is 0.117 e. The van der Waals surface area contributed by atoms with Crippen LogP contribution in [0.1, 0.15) is 25.2 Å². The van der Waals surface area contributed by atoms with Crippen LogP contribution in [0.5, 0.6) is 0 Å². The van der Waals surface area contributed by atoms with E-state index >= 15 is 0 Å². The van der Waals surface area contributed by atoms with E-state index in [-0.39, 0.29) is 5.41 Å². The van der Waals surface area contributed by atoms with Crippen LogP contribution >= 0.6 is 0 Å². The third kappa shape index (κ3) is 1.89. The van der Waals surface area contributed by atoms with Crippen molar-refractivity contribution >= 4 is 22.1 Å². The zero-order chi connectivity index (χ0) is 15.3. The van der Waals surface area contributed by atoms with Crippen molar-refractivity contribution in [3.05, 3.63) is 53.9 Å². The van der Waals surface area contributed by atoms with Gasteiger partial charge in [0.05, 0.1) is 11.0 Å². The molecular weight excluding hydrogens is 274 g/mol. The number of nitrogens with one attached hydrogen (secondary N) is 1. The third-order valence-corrected chi connectivity index (χ3v) is 4.18. The second-order valence-corrected chi connectivity index (χ2v) is 6.12. The Kier molecular flexibility index (Phi) is 2.60. The van der Waals surface area contributed by atoms with Crippen molar-refractivity contribution in [2.45, 2.75) is 19.3 Å². The highest BCUT2D eigenvalue weighted by molar-refractivity contribution is 5.76. The molecule has 2 aromatic carbocycles. The molecule has 0 atom stereocenters. The topological polar surface area (TPSA) is 59.4 Å². The zero-order valence-electron chi connectivity index (χ0n) is 12.8. The minimum atomic E-state index is -0.231. The molecule has 2 aromatic heterocycles. The molecule has 0 unspecified atom stereocenters. The highest BCUT2D eigenvalue weighted by Crippen LogP contribution is 2.32. The second-order valence-electron chi connectivity index (χ2n) is 6.12. The average Bonchev–Trinajstić information content (AvgIpc) is 3.08. The molecule has 0 saturated heterocycles. The van der Waals surface area contributed by atoms with Gasteiger partial charge in [0, 0.05) is 12.5 Å². The Morgan fingerprint density at radius 3 is 2.55 bits per heavy atom. The zero-order valence-corrected chi connectivity index (χ0v) is 12.8. The fourth-order valence-electron chi connectivity index (χ4n) is 2.80. The summed E-state index contributed by atoms with van der Waals surface area (Å²) in [6, 6.07) is 14.3. The third-order valence-electron chi connectivity index (χ3n) is 4.18. The number of aryl methyl sites for hydroxylation is 1. The normalized spacial score (nSPS) is 12.3. The van der Waals surface area contributed by atoms with Gasteiger partial charge < -0.3 is 4.98 Å². The molecule has 0 aliphatic rings. The highest BCUT2D eigenvalue weighted by Gasteiger charge is 2.27. The Morgan fingerprint density at radius 1 is 0.955 bits per heavy atom. The van der Waals surface area contributed by atoms with E-state index in [0.29, 0.717) is 0 Å². The first-order chi connectivity index (χ1) is 10.5. The first-order valence-corrected chi connectivity index (χ1v) is 7.31. The molecule has 0 fully saturated rings. The van der Waals surface area contributed by atoms with Crippen molar-refractivity contribution in [2.75, 3.05) is 0 Å². The Morgan fingerprint density at radius 2 is 1.73 bits per heavy atom. The molecule has 0 radical (unpaired) electrons. The number of aromatic amines is 1. The summed E-state index contributed by atoms with van der Waals surface area (Å²) in [5.41, 5.74) is 4.80. The van der Waals surface area contributed by atoms with Gasteiger partial charge >= 0.3 is 0 Å². The highest BCUT2D eigenvalue weighted by atomic mass is 15.4. The van der Waals surface area contributed by atoms with Gasteiger partial charge in [0.25, 0.3) is 0 Å². The number of benzene rings is 2. The fraction of sp³-hybridized carbons (Fsp3) is 0.235. The molecule has 5 nitrogen and oxygen atoms in total. The Bertz CT molecular complexity index is 944. The second kappa shape index (κ2) is 4.40. The van der Waals surface area contributed by atoms with Gasteiger partial charge in [-0.15, -0.1) is 0 Å². The molecule has 0 amide bonds. The minimum Gasteiger partial charge on any atom is -0.341 e. The molecule has 22 heavy (non-hydrogen) atoms. The van der Waals surface area contributed by atoms with Crippen LogP contribution in [0.15, 0.2) is 42.5 Å². The number of aromatic nitrogens is 5. The summed E-state index contributed by atoms with van der Waals surface area (Å²) in [4.78, 5) is 9.78. The molecule has 0 bridgehead atoms. The maximum absolute atomic E-state index is 4.75. The van der Waals surface area contributed by atoms with Crippen LogP contribution in [0.3, 0.4) is 0 Å². The van der Waals surface area contributed by atoms with Crippen molar-refractivity contribution in [2.24, 2.45) is 7.05 Å². The monoisotopic (exact) mass is 291 g/mol. The Labute approximate surface area is 128 Å². The molecule has 0 aliphatic carbocycles. The van der Waals surface area contributed by atoms with E-state index in [9.17, 15) is 0 Å². The van der Waals surface area contributed by atoms with Crippen molar-refractivity contribution in [3.63, 3.8) is 0 Å². The van der Waals surface area contributed by atoms with E-state index < -0.39 is 0 Å². The lowest BCUT2D eigenvalue weighted by Gasteiger charge is -2.22. The largest absolute Gasteiger partial charge is 0.341 e. The van der Waals surface area contributed by atoms with Gasteiger partial charge in [0.2, 0.25) is 0 Å². The maximum atomic E-state index is 4.75. The number of hydrogen-bond donors (Lipinski definition) is 1. The summed E-state index contributed by atoms with van der Waals surface area (Å²) in [5, 5.41) is 8.72. The molecule has 0 saturated carbocycles. The smallest absolute Gasteiger partial charge is 0.117 e. The lowest BCUT2D eigenvalue weighted by Crippen LogP contribution is -2.20. The van der Waals surface area contributed by atoms with Crippen LogP contribution in [0.4, 0.5) is 0 Å². The number of H-pyrrole nitrogens is 1. The van der Waals surface area contributed by atoms with Crippen LogP contribution in [-0.4, -0.2) is 25.0 Å². The van der Waals surface area contributed by atoms with E-state index in [1.54, 1.807) is 4.80 Å². The summed E-state index contributed by atoms with van der Waals surface area (Å²) in [6.07, 6.45) is 0. The van der Waals surface area contributed by atoms with Crippen LogP contribution in [-0.2, 0) is 12.5 Å². The summed E-state index contributed by atoms with van der Waals surface area (Å²) in [6.45, 7) is 4.34. The van der Waals surface area contributed by atoms with Gasteiger partial charge in [-0.3, -0.25) is 0 Å². The van der Waals surface area contributed by atoms with Gasteiger partial charge in [-0.05, 0) is 43.7 Å². The van der Waals surface area contributed by atoms with E-state index in [0.717, 1.165) is 27.9 Å². The van der Waals surface area contributed by atoms with Crippen LogP contribution in [0.2, 0.25) is 0 Å². The first kappa shape index (κ1) is 13.0. The number of para-hydroxylation sites is 2. The standard InChI is InChI=1S/C17H17N5/c1-17(2,16-18-12-6-4-5-7-13(12)19-16)11-8-9-14-15(10-11)21-22(3)20-14/h4-10H,1-3H3,(H,18,19). The molecule has 2 heterocycles. The van der Waals surface area contributed by atoms with Gasteiger partial charge in [-0.1, -0.05) is 18.2 Å². The molecule has 1 N–H and O–H groups in total. The first-order valence-electron chi connectivity index (χ1n) is 7.31. The van der Waals surface area contributed by atoms with Crippen molar-refractivity contribution < 1.29 is 0 Å². The lowest BCUT2D eigenvalue weighted by molar-refractivity contribution is 0.601. The minimum absolute atomic E-state index is 0.231. The van der Waals surface area contributed by atoms with E-state index in [2.05, 4.69) is 41.2 Å². The number of nitrogens with zero attached hydrogens (tertiary/aromatic N) is 4. The van der Waals surface area contributed by atoms with Crippen LogP contribution in [0, 0.1) is 0 Å².